The number of aryl methyl sites for hydroxylation is 2. The molecule has 4 nitrogen and oxygen atoms in total. The van der Waals surface area contributed by atoms with Gasteiger partial charge in [0.15, 0.2) is 0 Å². The van der Waals surface area contributed by atoms with Gasteiger partial charge in [-0.15, -0.1) is 0 Å². The van der Waals surface area contributed by atoms with E-state index in [1.165, 1.54) is 0 Å². The van der Waals surface area contributed by atoms with Crippen LogP contribution in [0.2, 0.25) is 0 Å². The third kappa shape index (κ3) is 3.93. The number of benzene rings is 1. The fourth-order valence-corrected chi connectivity index (χ4v) is 1.97. The minimum Gasteiger partial charge on any atom is -0.379 e. The number of hydrogen-bond acceptors (Lipinski definition) is 4. The van der Waals surface area contributed by atoms with Crippen LogP contribution in [-0.4, -0.2) is 23.5 Å². The van der Waals surface area contributed by atoms with Crippen molar-refractivity contribution in [3.8, 4) is 0 Å². The van der Waals surface area contributed by atoms with E-state index >= 15 is 0 Å². The molecule has 0 aliphatic heterocycles. The molecule has 0 radical (unpaired) electrons. The van der Waals surface area contributed by atoms with E-state index in [0.29, 0.717) is 5.69 Å². The molecule has 17 heavy (non-hydrogen) atoms. The first-order valence-electron chi connectivity index (χ1n) is 5.54. The zero-order chi connectivity index (χ0) is 12.8. The second kappa shape index (κ2) is 6.49. The molecular formula is C12H18N2O2S. The van der Waals surface area contributed by atoms with Crippen molar-refractivity contribution in [3.63, 3.8) is 0 Å². The smallest absolute Gasteiger partial charge is 0.292 e. The van der Waals surface area contributed by atoms with Crippen molar-refractivity contribution in [2.45, 2.75) is 20.3 Å². The highest BCUT2D eigenvalue weighted by molar-refractivity contribution is 7.98. The molecule has 0 spiro atoms. The van der Waals surface area contributed by atoms with Gasteiger partial charge in [0.1, 0.15) is 5.69 Å². The summed E-state index contributed by atoms with van der Waals surface area (Å²) >= 11 is 1.78. The molecule has 1 N–H and O–H groups in total. The van der Waals surface area contributed by atoms with Crippen LogP contribution in [0.15, 0.2) is 12.1 Å². The SMILES string of the molecule is CSCCCNc1cc(C)c(C)cc1[N+](=O)[O-]. The number of hydrogen-bond donors (Lipinski definition) is 1. The Morgan fingerprint density at radius 2 is 2.00 bits per heavy atom. The molecule has 1 aromatic rings. The molecule has 0 aliphatic rings. The lowest BCUT2D eigenvalue weighted by molar-refractivity contribution is -0.384. The number of nitrogens with one attached hydrogen (secondary N) is 1. The maximum absolute atomic E-state index is 10.9. The normalized spacial score (nSPS) is 10.3. The van der Waals surface area contributed by atoms with E-state index in [-0.39, 0.29) is 10.6 Å². The molecule has 0 aromatic heterocycles. The first-order valence-corrected chi connectivity index (χ1v) is 6.94. The summed E-state index contributed by atoms with van der Waals surface area (Å²) in [6.07, 6.45) is 3.06. The Balaban J connectivity index is 2.81. The average Bonchev–Trinajstić information content (AvgIpc) is 2.28. The monoisotopic (exact) mass is 254 g/mol. The summed E-state index contributed by atoms with van der Waals surface area (Å²) in [4.78, 5) is 10.6. The summed E-state index contributed by atoms with van der Waals surface area (Å²) < 4.78 is 0. The van der Waals surface area contributed by atoms with E-state index in [4.69, 9.17) is 0 Å². The van der Waals surface area contributed by atoms with Crippen LogP contribution in [0, 0.1) is 24.0 Å². The van der Waals surface area contributed by atoms with Crippen molar-refractivity contribution >= 4 is 23.1 Å². The Hall–Kier alpha value is -1.23. The molecule has 5 heteroatoms. The summed E-state index contributed by atoms with van der Waals surface area (Å²) in [5, 5.41) is 14.1. The molecule has 0 atom stereocenters. The first-order chi connectivity index (χ1) is 8.06. The summed E-state index contributed by atoms with van der Waals surface area (Å²) in [7, 11) is 0. The number of anilines is 1. The van der Waals surface area contributed by atoms with E-state index in [1.807, 2.05) is 19.9 Å². The van der Waals surface area contributed by atoms with Crippen molar-refractivity contribution in [1.82, 2.24) is 0 Å². The van der Waals surface area contributed by atoms with Gasteiger partial charge in [0, 0.05) is 12.6 Å². The van der Waals surface area contributed by atoms with E-state index in [0.717, 1.165) is 29.8 Å². The van der Waals surface area contributed by atoms with Crippen LogP contribution in [0.5, 0.6) is 0 Å². The quantitative estimate of drug-likeness (QED) is 0.480. The highest BCUT2D eigenvalue weighted by Gasteiger charge is 2.14. The van der Waals surface area contributed by atoms with E-state index in [2.05, 4.69) is 11.6 Å². The summed E-state index contributed by atoms with van der Waals surface area (Å²) in [5.41, 5.74) is 2.81. The molecular weight excluding hydrogens is 236 g/mol. The highest BCUT2D eigenvalue weighted by atomic mass is 32.2. The standard InChI is InChI=1S/C12H18N2O2S/c1-9-7-11(13-5-4-6-17-3)12(14(15)16)8-10(9)2/h7-8,13H,4-6H2,1-3H3. The maximum Gasteiger partial charge on any atom is 0.292 e. The van der Waals surface area contributed by atoms with Gasteiger partial charge in [-0.25, -0.2) is 0 Å². The van der Waals surface area contributed by atoms with Crippen LogP contribution < -0.4 is 5.32 Å². The zero-order valence-corrected chi connectivity index (χ0v) is 11.3. The minimum atomic E-state index is -0.330. The van der Waals surface area contributed by atoms with Gasteiger partial charge < -0.3 is 5.32 Å². The molecule has 1 aromatic carbocycles. The zero-order valence-electron chi connectivity index (χ0n) is 10.4. The first kappa shape index (κ1) is 13.8. The number of nitro groups is 1. The Bertz CT molecular complexity index is 408. The average molecular weight is 254 g/mol. The molecule has 0 unspecified atom stereocenters. The summed E-state index contributed by atoms with van der Waals surface area (Å²) in [5.74, 6) is 1.06. The van der Waals surface area contributed by atoms with Crippen molar-refractivity contribution < 1.29 is 4.92 Å². The van der Waals surface area contributed by atoms with Gasteiger partial charge in [-0.05, 0) is 49.5 Å². The van der Waals surface area contributed by atoms with Crippen LogP contribution in [0.25, 0.3) is 0 Å². The number of nitro benzene ring substituents is 1. The molecule has 0 saturated carbocycles. The van der Waals surface area contributed by atoms with E-state index in [1.54, 1.807) is 17.8 Å². The predicted octanol–water partition coefficient (Wildman–Crippen LogP) is 3.38. The lowest BCUT2D eigenvalue weighted by atomic mass is 10.1. The largest absolute Gasteiger partial charge is 0.379 e. The molecule has 0 amide bonds. The molecule has 0 saturated heterocycles. The Kier molecular flexibility index (Phi) is 5.28. The minimum absolute atomic E-state index is 0.164. The molecule has 0 aliphatic carbocycles. The Labute approximate surface area is 106 Å². The number of thioether (sulfide) groups is 1. The molecule has 94 valence electrons. The number of rotatable bonds is 6. The predicted molar refractivity (Wildman–Crippen MR) is 74.1 cm³/mol. The maximum atomic E-state index is 10.9. The van der Waals surface area contributed by atoms with Crippen molar-refractivity contribution in [2.75, 3.05) is 23.9 Å². The number of nitrogens with zero attached hydrogens (tertiary/aromatic N) is 1. The third-order valence-electron chi connectivity index (χ3n) is 2.65. The van der Waals surface area contributed by atoms with Crippen LogP contribution in [0.1, 0.15) is 17.5 Å². The van der Waals surface area contributed by atoms with Gasteiger partial charge in [0.25, 0.3) is 5.69 Å². The lowest BCUT2D eigenvalue weighted by Gasteiger charge is -2.09. The topological polar surface area (TPSA) is 55.2 Å². The van der Waals surface area contributed by atoms with Crippen molar-refractivity contribution in [1.29, 1.82) is 0 Å². The molecule has 0 bridgehead atoms. The highest BCUT2D eigenvalue weighted by Crippen LogP contribution is 2.27. The van der Waals surface area contributed by atoms with E-state index in [9.17, 15) is 10.1 Å². The molecule has 1 rings (SSSR count). The van der Waals surface area contributed by atoms with Gasteiger partial charge in [-0.1, -0.05) is 0 Å². The van der Waals surface area contributed by atoms with Crippen LogP contribution in [0.3, 0.4) is 0 Å². The van der Waals surface area contributed by atoms with Gasteiger partial charge in [-0.2, -0.15) is 11.8 Å². The second-order valence-corrected chi connectivity index (χ2v) is 4.97. The van der Waals surface area contributed by atoms with E-state index < -0.39 is 0 Å². The van der Waals surface area contributed by atoms with Crippen molar-refractivity contribution in [2.24, 2.45) is 0 Å². The van der Waals surface area contributed by atoms with Crippen LogP contribution in [-0.2, 0) is 0 Å². The van der Waals surface area contributed by atoms with Crippen molar-refractivity contribution in [3.05, 3.63) is 33.4 Å². The Morgan fingerprint density at radius 1 is 1.35 bits per heavy atom. The fraction of sp³-hybridized carbons (Fsp3) is 0.500. The fourth-order valence-electron chi connectivity index (χ4n) is 1.53. The van der Waals surface area contributed by atoms with Crippen LogP contribution >= 0.6 is 11.8 Å². The summed E-state index contributed by atoms with van der Waals surface area (Å²) in [6, 6.07) is 3.48. The van der Waals surface area contributed by atoms with Gasteiger partial charge in [-0.3, -0.25) is 10.1 Å². The van der Waals surface area contributed by atoms with Gasteiger partial charge in [0.05, 0.1) is 4.92 Å². The third-order valence-corrected chi connectivity index (χ3v) is 3.35. The second-order valence-electron chi connectivity index (χ2n) is 3.98. The lowest BCUT2D eigenvalue weighted by Crippen LogP contribution is -2.06. The van der Waals surface area contributed by atoms with Crippen LogP contribution in [0.4, 0.5) is 11.4 Å². The Morgan fingerprint density at radius 3 is 2.59 bits per heavy atom. The van der Waals surface area contributed by atoms with Gasteiger partial charge in [0.2, 0.25) is 0 Å². The molecule has 0 heterocycles. The molecule has 0 fully saturated rings. The van der Waals surface area contributed by atoms with Gasteiger partial charge >= 0.3 is 0 Å². The summed E-state index contributed by atoms with van der Waals surface area (Å²) in [6.45, 7) is 4.62.